The molecule has 1 saturated carbocycles. The van der Waals surface area contributed by atoms with Crippen LogP contribution in [0.3, 0.4) is 0 Å². The van der Waals surface area contributed by atoms with Crippen molar-refractivity contribution in [3.63, 3.8) is 0 Å². The van der Waals surface area contributed by atoms with Crippen LogP contribution < -0.4 is 5.32 Å². The molecule has 1 N–H and O–H groups in total. The Morgan fingerprint density at radius 3 is 2.87 bits per heavy atom. The third-order valence-corrected chi connectivity index (χ3v) is 4.18. The number of carbonyl (C=O) groups is 1. The number of benzene rings is 1. The number of rotatable bonds is 8. The van der Waals surface area contributed by atoms with Gasteiger partial charge in [0.15, 0.2) is 0 Å². The van der Waals surface area contributed by atoms with Crippen LogP contribution in [-0.4, -0.2) is 30.2 Å². The van der Waals surface area contributed by atoms with Gasteiger partial charge in [-0.3, -0.25) is 4.79 Å². The average molecular weight is 314 g/mol. The minimum absolute atomic E-state index is 0.0151. The van der Waals surface area contributed by atoms with Gasteiger partial charge in [-0.1, -0.05) is 32.0 Å². The first-order valence-electron chi connectivity index (χ1n) is 8.59. The van der Waals surface area contributed by atoms with Crippen molar-refractivity contribution >= 4 is 16.8 Å². The summed E-state index contributed by atoms with van der Waals surface area (Å²) in [5.41, 5.74) is 1.87. The summed E-state index contributed by atoms with van der Waals surface area (Å²) in [6, 6.07) is 8.10. The highest BCUT2D eigenvalue weighted by Gasteiger charge is 2.21. The van der Waals surface area contributed by atoms with Crippen LogP contribution in [-0.2, 0) is 11.3 Å². The summed E-state index contributed by atoms with van der Waals surface area (Å²) in [6.07, 6.45) is 4.56. The normalized spacial score (nSPS) is 14.6. The summed E-state index contributed by atoms with van der Waals surface area (Å²) in [4.78, 5) is 12.5. The van der Waals surface area contributed by atoms with Gasteiger partial charge in [-0.05, 0) is 30.7 Å². The summed E-state index contributed by atoms with van der Waals surface area (Å²) in [5.74, 6) is 1.29. The van der Waals surface area contributed by atoms with Crippen LogP contribution in [0.2, 0.25) is 0 Å². The highest BCUT2D eigenvalue weighted by molar-refractivity contribution is 6.07. The molecule has 1 fully saturated rings. The molecule has 1 aliphatic rings. The third kappa shape index (κ3) is 4.14. The van der Waals surface area contributed by atoms with Gasteiger partial charge in [0, 0.05) is 36.8 Å². The molecular formula is C19H26N2O2. The van der Waals surface area contributed by atoms with E-state index in [1.807, 2.05) is 24.4 Å². The minimum Gasteiger partial charge on any atom is -0.379 e. The summed E-state index contributed by atoms with van der Waals surface area (Å²) in [5, 5.41) is 3.99. The molecule has 1 amide bonds. The number of nitrogens with zero attached hydrogens (tertiary/aromatic N) is 1. The van der Waals surface area contributed by atoms with Crippen LogP contribution in [0.1, 0.15) is 37.0 Å². The number of hydrogen-bond donors (Lipinski definition) is 1. The van der Waals surface area contributed by atoms with E-state index in [0.717, 1.165) is 35.5 Å². The first-order valence-corrected chi connectivity index (χ1v) is 8.59. The van der Waals surface area contributed by atoms with E-state index < -0.39 is 0 Å². The number of amides is 1. The average Bonchev–Trinajstić information content (AvgIpc) is 3.28. The predicted octanol–water partition coefficient (Wildman–Crippen LogP) is 3.45. The summed E-state index contributed by atoms with van der Waals surface area (Å²) in [6.45, 7) is 7.28. The molecular weight excluding hydrogens is 288 g/mol. The second-order valence-electron chi connectivity index (χ2n) is 6.88. The standard InChI is InChI=1S/C19H26N2O2/c1-14(2)11-21-12-17(16-5-3-4-6-18(16)21)19(22)20-9-10-23-13-15-7-8-15/h3-6,12,14-15H,7-11,13H2,1-2H3,(H,20,22). The van der Waals surface area contributed by atoms with Crippen molar-refractivity contribution in [3.05, 3.63) is 36.0 Å². The number of nitrogens with one attached hydrogen (secondary N) is 1. The first kappa shape index (κ1) is 16.1. The fraction of sp³-hybridized carbons (Fsp3) is 0.526. The van der Waals surface area contributed by atoms with Crippen molar-refractivity contribution in [2.24, 2.45) is 11.8 Å². The molecule has 1 aromatic carbocycles. The Balaban J connectivity index is 1.64. The van der Waals surface area contributed by atoms with Gasteiger partial charge in [0.1, 0.15) is 0 Å². The molecule has 0 bridgehead atoms. The number of ether oxygens (including phenoxy) is 1. The molecule has 4 heteroatoms. The van der Waals surface area contributed by atoms with E-state index in [1.54, 1.807) is 0 Å². The lowest BCUT2D eigenvalue weighted by Gasteiger charge is -2.07. The maximum Gasteiger partial charge on any atom is 0.253 e. The molecule has 1 aliphatic carbocycles. The van der Waals surface area contributed by atoms with Gasteiger partial charge in [-0.25, -0.2) is 0 Å². The van der Waals surface area contributed by atoms with E-state index in [-0.39, 0.29) is 5.91 Å². The Morgan fingerprint density at radius 2 is 2.13 bits per heavy atom. The predicted molar refractivity (Wildman–Crippen MR) is 92.7 cm³/mol. The Hall–Kier alpha value is -1.81. The third-order valence-electron chi connectivity index (χ3n) is 4.18. The fourth-order valence-corrected chi connectivity index (χ4v) is 2.84. The van der Waals surface area contributed by atoms with Crippen LogP contribution >= 0.6 is 0 Å². The maximum absolute atomic E-state index is 12.5. The Labute approximate surface area is 137 Å². The molecule has 0 saturated heterocycles. The van der Waals surface area contributed by atoms with E-state index in [9.17, 15) is 4.79 Å². The van der Waals surface area contributed by atoms with Gasteiger partial charge >= 0.3 is 0 Å². The summed E-state index contributed by atoms with van der Waals surface area (Å²) < 4.78 is 7.75. The van der Waals surface area contributed by atoms with E-state index in [4.69, 9.17) is 4.74 Å². The lowest BCUT2D eigenvalue weighted by molar-refractivity contribution is 0.0908. The van der Waals surface area contributed by atoms with E-state index in [1.165, 1.54) is 12.8 Å². The van der Waals surface area contributed by atoms with Crippen LogP contribution in [0.4, 0.5) is 0 Å². The summed E-state index contributed by atoms with van der Waals surface area (Å²) >= 11 is 0. The molecule has 1 heterocycles. The zero-order valence-corrected chi connectivity index (χ0v) is 14.0. The van der Waals surface area contributed by atoms with Crippen molar-refractivity contribution in [1.29, 1.82) is 0 Å². The second-order valence-corrected chi connectivity index (χ2v) is 6.88. The number of fused-ring (bicyclic) bond motifs is 1. The van der Waals surface area contributed by atoms with Crippen molar-refractivity contribution in [1.82, 2.24) is 9.88 Å². The molecule has 124 valence electrons. The van der Waals surface area contributed by atoms with Gasteiger partial charge in [0.25, 0.3) is 5.91 Å². The number of para-hydroxylation sites is 1. The van der Waals surface area contributed by atoms with Gasteiger partial charge in [-0.2, -0.15) is 0 Å². The SMILES string of the molecule is CC(C)Cn1cc(C(=O)NCCOCC2CC2)c2ccccc21. The Morgan fingerprint density at radius 1 is 1.35 bits per heavy atom. The number of hydrogen-bond acceptors (Lipinski definition) is 2. The molecule has 0 unspecified atom stereocenters. The minimum atomic E-state index is -0.0151. The maximum atomic E-state index is 12.5. The molecule has 1 aromatic heterocycles. The Kier molecular flexibility index (Phi) is 5.01. The summed E-state index contributed by atoms with van der Waals surface area (Å²) in [7, 11) is 0. The lowest BCUT2D eigenvalue weighted by atomic mass is 10.1. The molecule has 3 rings (SSSR count). The largest absolute Gasteiger partial charge is 0.379 e. The molecule has 0 radical (unpaired) electrons. The lowest BCUT2D eigenvalue weighted by Crippen LogP contribution is -2.27. The smallest absolute Gasteiger partial charge is 0.253 e. The number of aromatic nitrogens is 1. The van der Waals surface area contributed by atoms with Gasteiger partial charge in [0.05, 0.1) is 12.2 Å². The second kappa shape index (κ2) is 7.18. The van der Waals surface area contributed by atoms with Crippen LogP contribution in [0.25, 0.3) is 10.9 Å². The van der Waals surface area contributed by atoms with E-state index in [0.29, 0.717) is 19.1 Å². The molecule has 0 atom stereocenters. The zero-order chi connectivity index (χ0) is 16.2. The molecule has 2 aromatic rings. The van der Waals surface area contributed by atoms with Crippen molar-refractivity contribution in [3.8, 4) is 0 Å². The number of carbonyl (C=O) groups excluding carboxylic acids is 1. The molecule has 0 aliphatic heterocycles. The zero-order valence-electron chi connectivity index (χ0n) is 14.0. The molecule has 23 heavy (non-hydrogen) atoms. The van der Waals surface area contributed by atoms with Crippen molar-refractivity contribution in [2.45, 2.75) is 33.2 Å². The van der Waals surface area contributed by atoms with Crippen LogP contribution in [0.15, 0.2) is 30.5 Å². The monoisotopic (exact) mass is 314 g/mol. The van der Waals surface area contributed by atoms with Crippen LogP contribution in [0, 0.1) is 11.8 Å². The van der Waals surface area contributed by atoms with Crippen molar-refractivity contribution < 1.29 is 9.53 Å². The van der Waals surface area contributed by atoms with Crippen molar-refractivity contribution in [2.75, 3.05) is 19.8 Å². The first-order chi connectivity index (χ1) is 11.1. The molecule has 0 spiro atoms. The van der Waals surface area contributed by atoms with E-state index in [2.05, 4.69) is 29.8 Å². The highest BCUT2D eigenvalue weighted by atomic mass is 16.5. The van der Waals surface area contributed by atoms with E-state index >= 15 is 0 Å². The van der Waals surface area contributed by atoms with Crippen LogP contribution in [0.5, 0.6) is 0 Å². The Bertz CT molecular complexity index is 671. The quantitative estimate of drug-likeness (QED) is 0.758. The molecule has 4 nitrogen and oxygen atoms in total. The van der Waals surface area contributed by atoms with Gasteiger partial charge in [0.2, 0.25) is 0 Å². The topological polar surface area (TPSA) is 43.3 Å². The van der Waals surface area contributed by atoms with Gasteiger partial charge in [-0.15, -0.1) is 0 Å². The fourth-order valence-electron chi connectivity index (χ4n) is 2.84. The highest BCUT2D eigenvalue weighted by Crippen LogP contribution is 2.28. The van der Waals surface area contributed by atoms with Gasteiger partial charge < -0.3 is 14.6 Å².